The first-order chi connectivity index (χ1) is 13.1. The zero-order valence-electron chi connectivity index (χ0n) is 15.4. The molecule has 0 amide bonds. The molecule has 0 bridgehead atoms. The van der Waals surface area contributed by atoms with Gasteiger partial charge in [-0.15, -0.1) is 0 Å². The molecule has 1 spiro atoms. The average Bonchev–Trinajstić information content (AvgIpc) is 3.21. The highest BCUT2D eigenvalue weighted by Crippen LogP contribution is 2.58. The smallest absolute Gasteiger partial charge is 0.337 e. The fourth-order valence-corrected chi connectivity index (χ4v) is 5.08. The molecule has 0 saturated carbocycles. The zero-order valence-corrected chi connectivity index (χ0v) is 15.4. The van der Waals surface area contributed by atoms with Crippen LogP contribution in [0.15, 0.2) is 24.3 Å². The summed E-state index contributed by atoms with van der Waals surface area (Å²) in [5.41, 5.74) is 1.89. The van der Waals surface area contributed by atoms with E-state index in [1.807, 2.05) is 17.2 Å². The number of aliphatic hydroxyl groups is 1. The fraction of sp³-hybridized carbons (Fsp3) is 0.550. The molecular formula is C20H23NO6. The quantitative estimate of drug-likeness (QED) is 0.624. The summed E-state index contributed by atoms with van der Waals surface area (Å²) in [6.07, 6.45) is 4.59. The van der Waals surface area contributed by atoms with Gasteiger partial charge in [0.1, 0.15) is 6.10 Å². The molecule has 3 aliphatic heterocycles. The highest BCUT2D eigenvalue weighted by Gasteiger charge is 2.56. The summed E-state index contributed by atoms with van der Waals surface area (Å²) in [6, 6.07) is 3.92. The average molecular weight is 373 g/mol. The second-order valence-electron chi connectivity index (χ2n) is 7.63. The van der Waals surface area contributed by atoms with E-state index in [1.54, 1.807) is 7.11 Å². The Labute approximate surface area is 157 Å². The number of methoxy groups -OCH3 is 2. The van der Waals surface area contributed by atoms with Crippen LogP contribution in [0, 0.1) is 0 Å². The highest BCUT2D eigenvalue weighted by molar-refractivity contribution is 5.75. The number of aliphatic hydroxyl groups excluding tert-OH is 1. The lowest BCUT2D eigenvalue weighted by Gasteiger charge is -2.35. The molecule has 7 nitrogen and oxygen atoms in total. The lowest BCUT2D eigenvalue weighted by atomic mass is 9.68. The summed E-state index contributed by atoms with van der Waals surface area (Å²) < 4.78 is 16.8. The number of hydrogen-bond acceptors (Lipinski definition) is 7. The second-order valence-corrected chi connectivity index (χ2v) is 7.63. The monoisotopic (exact) mass is 373 g/mol. The third kappa shape index (κ3) is 2.28. The molecule has 3 heterocycles. The van der Waals surface area contributed by atoms with Crippen LogP contribution in [0.3, 0.4) is 0 Å². The summed E-state index contributed by atoms with van der Waals surface area (Å²) in [4.78, 5) is 17.9. The lowest BCUT2D eigenvalue weighted by Crippen LogP contribution is -2.43. The van der Waals surface area contributed by atoms with Crippen molar-refractivity contribution in [1.82, 2.24) is 5.06 Å². The number of hydroxylamine groups is 2. The number of carbonyl (C=O) groups excluding carboxylic acids is 1. The third-order valence-corrected chi connectivity index (χ3v) is 6.36. The van der Waals surface area contributed by atoms with E-state index in [0.717, 1.165) is 23.3 Å². The van der Waals surface area contributed by atoms with Gasteiger partial charge in [-0.2, -0.15) is 5.06 Å². The number of fused-ring (bicyclic) bond motifs is 2. The van der Waals surface area contributed by atoms with Gasteiger partial charge in [-0.3, -0.25) is 4.84 Å². The van der Waals surface area contributed by atoms with E-state index >= 15 is 0 Å². The van der Waals surface area contributed by atoms with E-state index in [0.29, 0.717) is 25.1 Å². The number of rotatable bonds is 2. The van der Waals surface area contributed by atoms with E-state index in [9.17, 15) is 9.90 Å². The maximum atomic E-state index is 12.0. The van der Waals surface area contributed by atoms with Crippen LogP contribution < -0.4 is 9.47 Å². The molecule has 7 heteroatoms. The van der Waals surface area contributed by atoms with Gasteiger partial charge in [-0.1, -0.05) is 18.2 Å². The van der Waals surface area contributed by atoms with Crippen LogP contribution in [0.2, 0.25) is 0 Å². The Balaban J connectivity index is 1.65. The second kappa shape index (κ2) is 5.95. The van der Waals surface area contributed by atoms with E-state index in [4.69, 9.17) is 19.0 Å². The first-order valence-electron chi connectivity index (χ1n) is 9.34. The number of esters is 1. The third-order valence-electron chi connectivity index (χ3n) is 6.36. The molecule has 1 N–H and O–H groups in total. The Hall–Kier alpha value is -2.09. The SMILES string of the molecule is COC(=O)C1CC2c3ccc(OC)c4c3[C@@]3(C=C[C@H](O)C[C@@H]3O4)CCN2O1. The maximum Gasteiger partial charge on any atom is 0.337 e. The van der Waals surface area contributed by atoms with Crippen LogP contribution in [-0.2, 0) is 19.8 Å². The van der Waals surface area contributed by atoms with Gasteiger partial charge in [-0.05, 0) is 18.1 Å². The minimum absolute atomic E-state index is 0.0456. The maximum absolute atomic E-state index is 12.0. The van der Waals surface area contributed by atoms with E-state index < -0.39 is 12.2 Å². The summed E-state index contributed by atoms with van der Waals surface area (Å²) >= 11 is 0. The lowest BCUT2D eigenvalue weighted by molar-refractivity contribution is -0.188. The van der Waals surface area contributed by atoms with Crippen molar-refractivity contribution < 1.29 is 28.9 Å². The number of nitrogens with zero attached hydrogens (tertiary/aromatic N) is 1. The Morgan fingerprint density at radius 2 is 2.19 bits per heavy atom. The van der Waals surface area contributed by atoms with Crippen molar-refractivity contribution in [3.63, 3.8) is 0 Å². The van der Waals surface area contributed by atoms with Crippen molar-refractivity contribution in [2.45, 2.75) is 49.0 Å². The molecule has 1 saturated heterocycles. The summed E-state index contributed by atoms with van der Waals surface area (Å²) in [5, 5.41) is 12.0. The van der Waals surface area contributed by atoms with Crippen LogP contribution in [0.25, 0.3) is 0 Å². The van der Waals surface area contributed by atoms with Crippen LogP contribution in [-0.4, -0.2) is 55.2 Å². The van der Waals surface area contributed by atoms with Gasteiger partial charge < -0.3 is 19.3 Å². The minimum Gasteiger partial charge on any atom is -0.493 e. The van der Waals surface area contributed by atoms with Gasteiger partial charge in [0.2, 0.25) is 0 Å². The van der Waals surface area contributed by atoms with Crippen LogP contribution in [0.4, 0.5) is 0 Å². The van der Waals surface area contributed by atoms with Gasteiger partial charge in [0.15, 0.2) is 17.6 Å². The molecule has 5 rings (SSSR count). The Kier molecular flexibility index (Phi) is 3.76. The molecule has 1 aromatic rings. The Morgan fingerprint density at radius 1 is 1.33 bits per heavy atom. The Morgan fingerprint density at radius 3 is 2.96 bits per heavy atom. The number of benzene rings is 1. The van der Waals surface area contributed by atoms with Gasteiger partial charge in [0.25, 0.3) is 0 Å². The first-order valence-corrected chi connectivity index (χ1v) is 9.34. The van der Waals surface area contributed by atoms with Crippen molar-refractivity contribution in [2.75, 3.05) is 20.8 Å². The van der Waals surface area contributed by atoms with Gasteiger partial charge >= 0.3 is 5.97 Å². The highest BCUT2D eigenvalue weighted by atomic mass is 16.7. The first kappa shape index (κ1) is 17.0. The topological polar surface area (TPSA) is 77.5 Å². The predicted molar refractivity (Wildman–Crippen MR) is 94.4 cm³/mol. The van der Waals surface area contributed by atoms with Crippen molar-refractivity contribution in [1.29, 1.82) is 0 Å². The number of hydrogen-bond donors (Lipinski definition) is 1. The molecular weight excluding hydrogens is 350 g/mol. The van der Waals surface area contributed by atoms with Crippen LogP contribution in [0.5, 0.6) is 11.5 Å². The molecule has 1 aromatic carbocycles. The zero-order chi connectivity index (χ0) is 18.8. The van der Waals surface area contributed by atoms with Crippen molar-refractivity contribution >= 4 is 5.97 Å². The molecule has 4 aliphatic rings. The molecule has 0 radical (unpaired) electrons. The van der Waals surface area contributed by atoms with Crippen molar-refractivity contribution in [2.24, 2.45) is 0 Å². The number of ether oxygens (including phenoxy) is 3. The minimum atomic E-state index is -0.589. The molecule has 2 unspecified atom stereocenters. The van der Waals surface area contributed by atoms with E-state index in [2.05, 4.69) is 12.1 Å². The molecule has 1 aliphatic carbocycles. The largest absolute Gasteiger partial charge is 0.493 e. The fourth-order valence-electron chi connectivity index (χ4n) is 5.08. The number of carbonyl (C=O) groups is 1. The molecule has 0 aromatic heterocycles. The molecule has 27 heavy (non-hydrogen) atoms. The molecule has 5 atom stereocenters. The van der Waals surface area contributed by atoms with Crippen LogP contribution >= 0.6 is 0 Å². The normalized spacial score (nSPS) is 36.3. The Bertz CT molecular complexity index is 823. The van der Waals surface area contributed by atoms with Gasteiger partial charge in [-0.25, -0.2) is 4.79 Å². The summed E-state index contributed by atoms with van der Waals surface area (Å²) in [5.74, 6) is 1.10. The summed E-state index contributed by atoms with van der Waals surface area (Å²) in [6.45, 7) is 0.662. The standard InChI is InChI=1S/C20H23NO6/c1-24-14-4-3-12-13-10-15(19(23)25-2)27-21(13)8-7-20-6-5-11(22)9-16(20)26-18(14)17(12)20/h3-6,11,13,15-16,22H,7-10H2,1-2H3/t11-,13?,15?,16-,20-/m0/s1. The van der Waals surface area contributed by atoms with Gasteiger partial charge in [0.05, 0.1) is 31.8 Å². The van der Waals surface area contributed by atoms with Crippen LogP contribution in [0.1, 0.15) is 36.4 Å². The van der Waals surface area contributed by atoms with Crippen molar-refractivity contribution in [3.8, 4) is 11.5 Å². The summed E-state index contributed by atoms with van der Waals surface area (Å²) in [7, 11) is 3.02. The predicted octanol–water partition coefficient (Wildman–Crippen LogP) is 1.64. The van der Waals surface area contributed by atoms with Gasteiger partial charge in [0, 0.05) is 24.9 Å². The molecule has 144 valence electrons. The van der Waals surface area contributed by atoms with E-state index in [-0.39, 0.29) is 23.5 Å². The molecule has 1 fully saturated rings. The van der Waals surface area contributed by atoms with Crippen molar-refractivity contribution in [3.05, 3.63) is 35.4 Å². The van der Waals surface area contributed by atoms with E-state index in [1.165, 1.54) is 7.11 Å².